The van der Waals surface area contributed by atoms with Crippen molar-refractivity contribution in [1.29, 1.82) is 0 Å². The Balaban J connectivity index is 2.03. The predicted octanol–water partition coefficient (Wildman–Crippen LogP) is 0.806. The standard InChI is InChI=1S/C12H25N3O2/c1-3-6-13-7-4-8-15-9-5-11(10-15)14-12(16)17-2/h11,13H,3-10H2,1-2H3,(H,14,16). The van der Waals surface area contributed by atoms with Gasteiger partial charge >= 0.3 is 6.09 Å². The van der Waals surface area contributed by atoms with Crippen LogP contribution < -0.4 is 10.6 Å². The smallest absolute Gasteiger partial charge is 0.407 e. The monoisotopic (exact) mass is 243 g/mol. The average Bonchev–Trinajstić information content (AvgIpc) is 2.76. The number of hydrogen-bond donors (Lipinski definition) is 2. The predicted molar refractivity (Wildman–Crippen MR) is 68.2 cm³/mol. The Kier molecular flexibility index (Phi) is 6.96. The summed E-state index contributed by atoms with van der Waals surface area (Å²) >= 11 is 0. The van der Waals surface area contributed by atoms with Crippen molar-refractivity contribution < 1.29 is 9.53 Å². The van der Waals surface area contributed by atoms with Crippen LogP contribution in [0.3, 0.4) is 0 Å². The Bertz CT molecular complexity index is 224. The molecule has 1 aliphatic heterocycles. The molecule has 0 radical (unpaired) electrons. The first kappa shape index (κ1) is 14.3. The van der Waals surface area contributed by atoms with Gasteiger partial charge in [-0.15, -0.1) is 0 Å². The summed E-state index contributed by atoms with van der Waals surface area (Å²) in [6.07, 6.45) is 3.07. The fraction of sp³-hybridized carbons (Fsp3) is 0.917. The Morgan fingerprint density at radius 1 is 1.47 bits per heavy atom. The third kappa shape index (κ3) is 5.89. The van der Waals surface area contributed by atoms with E-state index in [1.165, 1.54) is 20.0 Å². The van der Waals surface area contributed by atoms with Gasteiger partial charge in [0, 0.05) is 19.1 Å². The molecule has 1 unspecified atom stereocenters. The Labute approximate surface area is 104 Å². The van der Waals surface area contributed by atoms with Crippen LogP contribution in [0.1, 0.15) is 26.2 Å². The fourth-order valence-electron chi connectivity index (χ4n) is 2.11. The topological polar surface area (TPSA) is 53.6 Å². The molecule has 0 saturated carbocycles. The van der Waals surface area contributed by atoms with E-state index in [4.69, 9.17) is 0 Å². The second-order valence-corrected chi connectivity index (χ2v) is 4.53. The summed E-state index contributed by atoms with van der Waals surface area (Å²) in [4.78, 5) is 13.4. The molecule has 1 amide bonds. The van der Waals surface area contributed by atoms with E-state index in [0.717, 1.165) is 39.1 Å². The quantitative estimate of drug-likeness (QED) is 0.650. The van der Waals surface area contributed by atoms with Gasteiger partial charge in [0.05, 0.1) is 7.11 Å². The zero-order valence-electron chi connectivity index (χ0n) is 11.0. The molecule has 1 aliphatic rings. The summed E-state index contributed by atoms with van der Waals surface area (Å²) in [5.74, 6) is 0. The third-order valence-electron chi connectivity index (χ3n) is 3.03. The van der Waals surface area contributed by atoms with E-state index < -0.39 is 0 Å². The number of amides is 1. The fourth-order valence-corrected chi connectivity index (χ4v) is 2.11. The van der Waals surface area contributed by atoms with E-state index in [9.17, 15) is 4.79 Å². The molecule has 1 fully saturated rings. The lowest BCUT2D eigenvalue weighted by Gasteiger charge is -2.16. The molecule has 1 atom stereocenters. The van der Waals surface area contributed by atoms with Crippen LogP contribution >= 0.6 is 0 Å². The number of rotatable bonds is 7. The lowest BCUT2D eigenvalue weighted by molar-refractivity contribution is 0.166. The second-order valence-electron chi connectivity index (χ2n) is 4.53. The maximum Gasteiger partial charge on any atom is 0.407 e. The van der Waals surface area contributed by atoms with Crippen LogP contribution in [-0.2, 0) is 4.74 Å². The van der Waals surface area contributed by atoms with E-state index in [-0.39, 0.29) is 12.1 Å². The summed E-state index contributed by atoms with van der Waals surface area (Å²) in [6.45, 7) is 7.49. The Hall–Kier alpha value is -0.810. The molecule has 5 heteroatoms. The van der Waals surface area contributed by atoms with E-state index >= 15 is 0 Å². The van der Waals surface area contributed by atoms with Crippen LogP contribution in [0.2, 0.25) is 0 Å². The molecule has 1 rings (SSSR count). The van der Waals surface area contributed by atoms with Crippen molar-refractivity contribution in [3.63, 3.8) is 0 Å². The van der Waals surface area contributed by atoms with Crippen molar-refractivity contribution in [2.45, 2.75) is 32.2 Å². The molecule has 0 bridgehead atoms. The number of likely N-dealkylation sites (tertiary alicyclic amines) is 1. The molecular weight excluding hydrogens is 218 g/mol. The van der Waals surface area contributed by atoms with Gasteiger partial charge in [0.15, 0.2) is 0 Å². The number of carbonyl (C=O) groups is 1. The van der Waals surface area contributed by atoms with E-state index in [1.807, 2.05) is 0 Å². The molecule has 5 nitrogen and oxygen atoms in total. The van der Waals surface area contributed by atoms with Crippen molar-refractivity contribution in [3.05, 3.63) is 0 Å². The summed E-state index contributed by atoms with van der Waals surface area (Å²) in [5, 5.41) is 6.25. The van der Waals surface area contributed by atoms with Crippen LogP contribution in [0.15, 0.2) is 0 Å². The van der Waals surface area contributed by atoms with Crippen molar-refractivity contribution in [2.24, 2.45) is 0 Å². The number of nitrogens with zero attached hydrogens (tertiary/aromatic N) is 1. The molecule has 0 spiro atoms. The van der Waals surface area contributed by atoms with Gasteiger partial charge in [-0.25, -0.2) is 4.79 Å². The number of nitrogens with one attached hydrogen (secondary N) is 2. The average molecular weight is 243 g/mol. The Morgan fingerprint density at radius 3 is 3.00 bits per heavy atom. The summed E-state index contributed by atoms with van der Waals surface area (Å²) in [6, 6.07) is 0.256. The summed E-state index contributed by atoms with van der Waals surface area (Å²) in [5.41, 5.74) is 0. The van der Waals surface area contributed by atoms with Crippen LogP contribution in [0.25, 0.3) is 0 Å². The number of ether oxygens (including phenoxy) is 1. The van der Waals surface area contributed by atoms with Crippen LogP contribution in [0.4, 0.5) is 4.79 Å². The van der Waals surface area contributed by atoms with Crippen molar-refractivity contribution in [1.82, 2.24) is 15.5 Å². The molecule has 0 aliphatic carbocycles. The van der Waals surface area contributed by atoms with Gasteiger partial charge in [-0.05, 0) is 38.9 Å². The normalized spacial score (nSPS) is 20.5. The number of carbonyl (C=O) groups excluding carboxylic acids is 1. The first-order chi connectivity index (χ1) is 8.26. The molecule has 1 saturated heterocycles. The largest absolute Gasteiger partial charge is 0.453 e. The SMILES string of the molecule is CCCNCCCN1CCC(NC(=O)OC)C1. The van der Waals surface area contributed by atoms with Crippen molar-refractivity contribution in [2.75, 3.05) is 39.8 Å². The third-order valence-corrected chi connectivity index (χ3v) is 3.03. The maximum atomic E-state index is 11.0. The van der Waals surface area contributed by atoms with Gasteiger partial charge in [0.2, 0.25) is 0 Å². The summed E-state index contributed by atoms with van der Waals surface area (Å²) < 4.78 is 4.59. The lowest BCUT2D eigenvalue weighted by Crippen LogP contribution is -2.37. The second kappa shape index (κ2) is 8.31. The molecule has 100 valence electrons. The number of methoxy groups -OCH3 is 1. The van der Waals surface area contributed by atoms with Gasteiger partial charge in [-0.2, -0.15) is 0 Å². The number of hydrogen-bond acceptors (Lipinski definition) is 4. The van der Waals surface area contributed by atoms with Crippen molar-refractivity contribution >= 4 is 6.09 Å². The minimum atomic E-state index is -0.318. The molecule has 0 aromatic carbocycles. The van der Waals surface area contributed by atoms with Gasteiger partial charge in [-0.3, -0.25) is 0 Å². The maximum absolute atomic E-state index is 11.0. The van der Waals surface area contributed by atoms with Gasteiger partial charge in [-0.1, -0.05) is 6.92 Å². The molecule has 2 N–H and O–H groups in total. The highest BCUT2D eigenvalue weighted by Gasteiger charge is 2.23. The van der Waals surface area contributed by atoms with Crippen LogP contribution in [0, 0.1) is 0 Å². The van der Waals surface area contributed by atoms with Gasteiger partial charge in [0.1, 0.15) is 0 Å². The van der Waals surface area contributed by atoms with E-state index in [2.05, 4.69) is 27.2 Å². The lowest BCUT2D eigenvalue weighted by atomic mass is 10.3. The van der Waals surface area contributed by atoms with Crippen molar-refractivity contribution in [3.8, 4) is 0 Å². The van der Waals surface area contributed by atoms with Crippen LogP contribution in [0.5, 0.6) is 0 Å². The van der Waals surface area contributed by atoms with Gasteiger partial charge < -0.3 is 20.3 Å². The molecule has 17 heavy (non-hydrogen) atoms. The summed E-state index contributed by atoms with van der Waals surface area (Å²) in [7, 11) is 1.40. The van der Waals surface area contributed by atoms with E-state index in [0.29, 0.717) is 0 Å². The highest BCUT2D eigenvalue weighted by molar-refractivity contribution is 5.67. The van der Waals surface area contributed by atoms with Crippen LogP contribution in [-0.4, -0.2) is 56.9 Å². The molecular formula is C12H25N3O2. The van der Waals surface area contributed by atoms with E-state index in [1.54, 1.807) is 0 Å². The highest BCUT2D eigenvalue weighted by Crippen LogP contribution is 2.09. The molecule has 1 heterocycles. The molecule has 0 aromatic heterocycles. The minimum Gasteiger partial charge on any atom is -0.453 e. The molecule has 0 aromatic rings. The highest BCUT2D eigenvalue weighted by atomic mass is 16.5. The zero-order chi connectivity index (χ0) is 12.5. The minimum absolute atomic E-state index is 0.256. The Morgan fingerprint density at radius 2 is 2.29 bits per heavy atom. The first-order valence-electron chi connectivity index (χ1n) is 6.53. The zero-order valence-corrected chi connectivity index (χ0v) is 11.0. The number of alkyl carbamates (subject to hydrolysis) is 1. The first-order valence-corrected chi connectivity index (χ1v) is 6.53. The van der Waals surface area contributed by atoms with Gasteiger partial charge in [0.25, 0.3) is 0 Å².